The lowest BCUT2D eigenvalue weighted by atomic mass is 9.95. The second-order valence-electron chi connectivity index (χ2n) is 4.66. The topological polar surface area (TPSA) is 38.0 Å². The molecule has 2 rings (SSSR count). The molecule has 0 saturated heterocycles. The van der Waals surface area contributed by atoms with Crippen molar-refractivity contribution in [3.05, 3.63) is 69.7 Å². The number of nitrogens with one attached hydrogen (secondary N) is 1. The van der Waals surface area contributed by atoms with Gasteiger partial charge in [0, 0.05) is 5.02 Å². The number of hydrogen-bond donors (Lipinski definition) is 2. The summed E-state index contributed by atoms with van der Waals surface area (Å²) in [5, 5.41) is 0.333. The Balaban J connectivity index is 2.31. The van der Waals surface area contributed by atoms with E-state index in [1.54, 1.807) is 12.1 Å². The van der Waals surface area contributed by atoms with E-state index in [9.17, 15) is 8.78 Å². The number of aryl methyl sites for hydroxylation is 1. The zero-order chi connectivity index (χ0) is 14.7. The molecule has 0 aliphatic heterocycles. The molecule has 0 radical (unpaired) electrons. The van der Waals surface area contributed by atoms with Gasteiger partial charge in [-0.1, -0.05) is 23.7 Å². The van der Waals surface area contributed by atoms with E-state index in [2.05, 4.69) is 5.43 Å². The minimum Gasteiger partial charge on any atom is -0.271 e. The lowest BCUT2D eigenvalue weighted by Gasteiger charge is -2.19. The quantitative estimate of drug-likeness (QED) is 0.667. The van der Waals surface area contributed by atoms with E-state index in [-0.39, 0.29) is 11.9 Å². The van der Waals surface area contributed by atoms with Crippen LogP contribution in [0.1, 0.15) is 22.7 Å². The van der Waals surface area contributed by atoms with Crippen LogP contribution in [0.5, 0.6) is 0 Å². The van der Waals surface area contributed by atoms with E-state index in [4.69, 9.17) is 17.4 Å². The predicted molar refractivity (Wildman–Crippen MR) is 76.3 cm³/mol. The number of benzene rings is 2. The first kappa shape index (κ1) is 14.9. The van der Waals surface area contributed by atoms with E-state index >= 15 is 0 Å². The summed E-state index contributed by atoms with van der Waals surface area (Å²) < 4.78 is 26.4. The zero-order valence-electron chi connectivity index (χ0n) is 11.0. The Morgan fingerprint density at radius 3 is 2.45 bits per heavy atom. The van der Waals surface area contributed by atoms with Gasteiger partial charge >= 0.3 is 0 Å². The van der Waals surface area contributed by atoms with Crippen LogP contribution < -0.4 is 11.3 Å². The molecule has 1 atom stereocenters. The summed E-state index contributed by atoms with van der Waals surface area (Å²) in [4.78, 5) is 0. The van der Waals surface area contributed by atoms with Crippen molar-refractivity contribution in [2.75, 3.05) is 0 Å². The monoisotopic (exact) mass is 296 g/mol. The third-order valence-electron chi connectivity index (χ3n) is 3.26. The maximum atomic E-state index is 13.4. The molecular formula is C15H15ClF2N2. The third kappa shape index (κ3) is 3.33. The fraction of sp³-hybridized carbons (Fsp3) is 0.200. The summed E-state index contributed by atoms with van der Waals surface area (Å²) in [6.07, 6.45) is 0.444. The molecule has 3 N–H and O–H groups in total. The molecule has 0 bridgehead atoms. The lowest BCUT2D eigenvalue weighted by molar-refractivity contribution is 0.541. The van der Waals surface area contributed by atoms with Crippen LogP contribution in [0.2, 0.25) is 5.02 Å². The van der Waals surface area contributed by atoms with Gasteiger partial charge in [0.05, 0.1) is 6.04 Å². The Bertz CT molecular complexity index is 617. The molecule has 2 aromatic carbocycles. The first-order valence-electron chi connectivity index (χ1n) is 6.17. The highest BCUT2D eigenvalue weighted by Crippen LogP contribution is 2.26. The molecule has 0 aromatic heterocycles. The first-order valence-corrected chi connectivity index (χ1v) is 6.55. The van der Waals surface area contributed by atoms with E-state index in [0.717, 1.165) is 16.7 Å². The molecule has 0 amide bonds. The van der Waals surface area contributed by atoms with Gasteiger partial charge < -0.3 is 0 Å². The summed E-state index contributed by atoms with van der Waals surface area (Å²) >= 11 is 6.01. The lowest BCUT2D eigenvalue weighted by Crippen LogP contribution is -2.30. The second-order valence-corrected chi connectivity index (χ2v) is 5.07. The van der Waals surface area contributed by atoms with Gasteiger partial charge in [0.15, 0.2) is 0 Å². The fourth-order valence-corrected chi connectivity index (χ4v) is 2.40. The normalized spacial score (nSPS) is 12.4. The van der Waals surface area contributed by atoms with Gasteiger partial charge in [-0.2, -0.15) is 0 Å². The summed E-state index contributed by atoms with van der Waals surface area (Å²) in [5.41, 5.74) is 5.09. The molecule has 0 spiro atoms. The van der Waals surface area contributed by atoms with Crippen molar-refractivity contribution in [2.45, 2.75) is 19.4 Å². The van der Waals surface area contributed by atoms with Gasteiger partial charge in [-0.15, -0.1) is 0 Å². The Morgan fingerprint density at radius 2 is 1.80 bits per heavy atom. The fourth-order valence-electron chi connectivity index (χ4n) is 2.15. The molecule has 106 valence electrons. The van der Waals surface area contributed by atoms with E-state index < -0.39 is 5.82 Å². The average molecular weight is 297 g/mol. The van der Waals surface area contributed by atoms with Gasteiger partial charge in [0.2, 0.25) is 0 Å². The third-order valence-corrected chi connectivity index (χ3v) is 3.61. The Labute approximate surface area is 121 Å². The van der Waals surface area contributed by atoms with Crippen LogP contribution in [0.4, 0.5) is 8.78 Å². The molecule has 0 heterocycles. The average Bonchev–Trinajstić information content (AvgIpc) is 2.41. The van der Waals surface area contributed by atoms with Crippen molar-refractivity contribution >= 4 is 11.6 Å². The zero-order valence-corrected chi connectivity index (χ0v) is 11.7. The summed E-state index contributed by atoms with van der Waals surface area (Å²) in [7, 11) is 0. The first-order chi connectivity index (χ1) is 9.51. The van der Waals surface area contributed by atoms with Crippen LogP contribution in [0.25, 0.3) is 0 Å². The van der Waals surface area contributed by atoms with Crippen molar-refractivity contribution in [1.82, 2.24) is 5.43 Å². The van der Waals surface area contributed by atoms with Crippen molar-refractivity contribution in [2.24, 2.45) is 5.84 Å². The minimum atomic E-state index is -0.391. The van der Waals surface area contributed by atoms with Crippen LogP contribution in [-0.4, -0.2) is 0 Å². The van der Waals surface area contributed by atoms with Crippen molar-refractivity contribution in [3.8, 4) is 0 Å². The van der Waals surface area contributed by atoms with Crippen LogP contribution >= 0.6 is 11.6 Å². The van der Waals surface area contributed by atoms with Crippen LogP contribution in [0.15, 0.2) is 36.4 Å². The number of rotatable bonds is 4. The van der Waals surface area contributed by atoms with Gasteiger partial charge in [-0.05, 0) is 54.3 Å². The molecule has 1 unspecified atom stereocenters. The van der Waals surface area contributed by atoms with Crippen LogP contribution in [-0.2, 0) is 6.42 Å². The molecule has 2 nitrogen and oxygen atoms in total. The maximum Gasteiger partial charge on any atom is 0.124 e. The number of nitrogens with two attached hydrogens (primary N) is 1. The minimum absolute atomic E-state index is 0.298. The molecular weight excluding hydrogens is 282 g/mol. The van der Waals surface area contributed by atoms with Gasteiger partial charge in [-0.3, -0.25) is 11.3 Å². The summed E-state index contributed by atoms with van der Waals surface area (Å²) in [6.45, 7) is 1.88. The summed E-state index contributed by atoms with van der Waals surface area (Å²) in [5.74, 6) is 4.85. The largest absolute Gasteiger partial charge is 0.271 e. The van der Waals surface area contributed by atoms with Crippen LogP contribution in [0, 0.1) is 18.6 Å². The standard InChI is InChI=1S/C15H15ClF2N2/c1-9-2-4-11(17)7-13(9)15(20-19)6-10-3-5-12(18)8-14(10)16/h2-5,7-8,15,20H,6,19H2,1H3. The molecule has 0 aliphatic carbocycles. The molecule has 0 fully saturated rings. The second kappa shape index (κ2) is 6.31. The van der Waals surface area contributed by atoms with E-state index in [0.29, 0.717) is 11.4 Å². The van der Waals surface area contributed by atoms with Crippen molar-refractivity contribution < 1.29 is 8.78 Å². The highest BCUT2D eigenvalue weighted by atomic mass is 35.5. The highest BCUT2D eigenvalue weighted by molar-refractivity contribution is 6.31. The Morgan fingerprint density at radius 1 is 1.15 bits per heavy atom. The predicted octanol–water partition coefficient (Wildman–Crippen LogP) is 3.67. The van der Waals surface area contributed by atoms with Crippen molar-refractivity contribution in [3.63, 3.8) is 0 Å². The molecule has 5 heteroatoms. The smallest absolute Gasteiger partial charge is 0.124 e. The summed E-state index contributed by atoms with van der Waals surface area (Å²) in [6, 6.07) is 8.44. The van der Waals surface area contributed by atoms with Gasteiger partial charge in [-0.25, -0.2) is 8.78 Å². The SMILES string of the molecule is Cc1ccc(F)cc1C(Cc1ccc(F)cc1Cl)NN. The number of hydrazine groups is 1. The van der Waals surface area contributed by atoms with Crippen LogP contribution in [0.3, 0.4) is 0 Å². The van der Waals surface area contributed by atoms with Gasteiger partial charge in [0.1, 0.15) is 11.6 Å². The molecule has 0 aliphatic rings. The molecule has 20 heavy (non-hydrogen) atoms. The Hall–Kier alpha value is -1.49. The van der Waals surface area contributed by atoms with Gasteiger partial charge in [0.25, 0.3) is 0 Å². The molecule has 0 saturated carbocycles. The van der Waals surface area contributed by atoms with Crippen molar-refractivity contribution in [1.29, 1.82) is 0 Å². The number of hydrogen-bond acceptors (Lipinski definition) is 2. The van der Waals surface area contributed by atoms with E-state index in [1.807, 2.05) is 6.92 Å². The Kier molecular flexibility index (Phi) is 4.70. The molecule has 2 aromatic rings. The maximum absolute atomic E-state index is 13.4. The number of halogens is 3. The highest BCUT2D eigenvalue weighted by Gasteiger charge is 2.15. The van der Waals surface area contributed by atoms with E-state index in [1.165, 1.54) is 24.3 Å².